The quantitative estimate of drug-likeness (QED) is 0.469. The van der Waals surface area contributed by atoms with E-state index in [0.29, 0.717) is 23.7 Å². The van der Waals surface area contributed by atoms with Crippen LogP contribution in [0.4, 0.5) is 0 Å². The number of carbonyl (C=O) groups excluding carboxylic acids is 1. The third-order valence-electron chi connectivity index (χ3n) is 3.21. The molecule has 0 saturated carbocycles. The van der Waals surface area contributed by atoms with Gasteiger partial charge in [-0.15, -0.1) is 0 Å². The largest absolute Gasteiger partial charge is 0.496 e. The summed E-state index contributed by atoms with van der Waals surface area (Å²) in [4.78, 5) is 12.3. The van der Waals surface area contributed by atoms with Gasteiger partial charge in [-0.1, -0.05) is 38.8 Å². The van der Waals surface area contributed by atoms with Crippen LogP contribution in [0.5, 0.6) is 11.5 Å². The van der Waals surface area contributed by atoms with Crippen molar-refractivity contribution in [2.24, 2.45) is 5.10 Å². The average Bonchev–Trinajstić information content (AvgIpc) is 2.61. The highest BCUT2D eigenvalue weighted by atomic mass is 79.9. The summed E-state index contributed by atoms with van der Waals surface area (Å²) >= 11 is 6.77. The van der Waals surface area contributed by atoms with Gasteiger partial charge in [0.05, 0.1) is 25.5 Å². The summed E-state index contributed by atoms with van der Waals surface area (Å²) < 4.78 is 12.6. The first-order valence-corrected chi connectivity index (χ1v) is 9.23. The maximum absolute atomic E-state index is 12.3. The zero-order valence-electron chi connectivity index (χ0n) is 13.9. The molecule has 2 aromatic carbocycles. The van der Waals surface area contributed by atoms with Gasteiger partial charge in [0.2, 0.25) is 0 Å². The van der Waals surface area contributed by atoms with Crippen LogP contribution in [0.15, 0.2) is 50.4 Å². The van der Waals surface area contributed by atoms with Gasteiger partial charge in [0.1, 0.15) is 11.5 Å². The fraction of sp³-hybridized carbons (Fsp3) is 0.222. The summed E-state index contributed by atoms with van der Waals surface area (Å²) in [6.45, 7) is 2.66. The molecule has 1 N–H and O–H groups in total. The number of carbonyl (C=O) groups is 1. The number of halogens is 2. The molecule has 0 atom stereocenters. The van der Waals surface area contributed by atoms with Crippen LogP contribution in [0, 0.1) is 0 Å². The zero-order chi connectivity index (χ0) is 18.2. The Hall–Kier alpha value is -1.86. The second kappa shape index (κ2) is 9.58. The molecule has 25 heavy (non-hydrogen) atoms. The Kier molecular flexibility index (Phi) is 7.46. The molecule has 1 amide bonds. The van der Waals surface area contributed by atoms with Crippen LogP contribution in [0.25, 0.3) is 0 Å². The van der Waals surface area contributed by atoms with E-state index in [2.05, 4.69) is 42.4 Å². The fourth-order valence-electron chi connectivity index (χ4n) is 2.04. The average molecular weight is 470 g/mol. The van der Waals surface area contributed by atoms with Gasteiger partial charge in [0.15, 0.2) is 0 Å². The maximum Gasteiger partial charge on any atom is 0.275 e. The second-order valence-electron chi connectivity index (χ2n) is 5.07. The van der Waals surface area contributed by atoms with E-state index in [0.717, 1.165) is 20.9 Å². The molecule has 7 heteroatoms. The minimum Gasteiger partial charge on any atom is -0.496 e. The van der Waals surface area contributed by atoms with Crippen molar-refractivity contribution in [1.82, 2.24) is 5.43 Å². The monoisotopic (exact) mass is 468 g/mol. The van der Waals surface area contributed by atoms with Gasteiger partial charge in [-0.25, -0.2) is 5.43 Å². The summed E-state index contributed by atoms with van der Waals surface area (Å²) in [5.74, 6) is 0.828. The number of hydrogen-bond donors (Lipinski definition) is 1. The van der Waals surface area contributed by atoms with Crippen LogP contribution in [-0.4, -0.2) is 25.8 Å². The summed E-state index contributed by atoms with van der Waals surface area (Å²) in [6.07, 6.45) is 2.46. The van der Waals surface area contributed by atoms with Gasteiger partial charge >= 0.3 is 0 Å². The van der Waals surface area contributed by atoms with Gasteiger partial charge in [-0.3, -0.25) is 4.79 Å². The van der Waals surface area contributed by atoms with Crippen LogP contribution in [0.1, 0.15) is 29.3 Å². The molecule has 0 unspecified atom stereocenters. The lowest BCUT2D eigenvalue weighted by atomic mass is 10.2. The summed E-state index contributed by atoms with van der Waals surface area (Å²) in [6, 6.07) is 10.8. The molecule has 0 heterocycles. The van der Waals surface area contributed by atoms with Gasteiger partial charge in [-0.05, 0) is 42.8 Å². The van der Waals surface area contributed by atoms with Crippen LogP contribution < -0.4 is 14.9 Å². The standard InChI is InChI=1S/C18H18Br2N2O3/c1-3-8-25-16-6-4-13(19)9-12(16)11-21-22-18(23)15-10-14(20)5-7-17(15)24-2/h4-7,9-11H,3,8H2,1-2H3,(H,22,23). The van der Waals surface area contributed by atoms with E-state index in [1.807, 2.05) is 25.1 Å². The molecule has 2 rings (SSSR count). The number of nitrogens with zero attached hydrogens (tertiary/aromatic N) is 1. The van der Waals surface area contributed by atoms with E-state index in [4.69, 9.17) is 9.47 Å². The molecule has 0 radical (unpaired) electrons. The number of nitrogens with one attached hydrogen (secondary N) is 1. The fourth-order valence-corrected chi connectivity index (χ4v) is 2.78. The second-order valence-corrected chi connectivity index (χ2v) is 6.91. The van der Waals surface area contributed by atoms with Crippen molar-refractivity contribution in [3.8, 4) is 11.5 Å². The predicted molar refractivity (Wildman–Crippen MR) is 106 cm³/mol. The number of ether oxygens (including phenoxy) is 2. The Bertz CT molecular complexity index is 779. The molecule has 0 aromatic heterocycles. The van der Waals surface area contributed by atoms with Crippen LogP contribution in [0.2, 0.25) is 0 Å². The number of hydrogen-bond acceptors (Lipinski definition) is 4. The van der Waals surface area contributed by atoms with Crippen molar-refractivity contribution in [3.05, 3.63) is 56.5 Å². The lowest BCUT2D eigenvalue weighted by Gasteiger charge is -2.09. The number of hydrazone groups is 1. The third kappa shape index (κ3) is 5.57. The van der Waals surface area contributed by atoms with Crippen LogP contribution in [-0.2, 0) is 0 Å². The molecule has 0 aliphatic carbocycles. The maximum atomic E-state index is 12.3. The van der Waals surface area contributed by atoms with Crippen molar-refractivity contribution >= 4 is 44.0 Å². The van der Waals surface area contributed by atoms with Gasteiger partial charge in [-0.2, -0.15) is 5.10 Å². The number of amides is 1. The lowest BCUT2D eigenvalue weighted by Crippen LogP contribution is -2.18. The van der Waals surface area contributed by atoms with E-state index in [-0.39, 0.29) is 5.91 Å². The first kappa shape index (κ1) is 19.5. The van der Waals surface area contributed by atoms with Crippen LogP contribution >= 0.6 is 31.9 Å². The number of methoxy groups -OCH3 is 1. The van der Waals surface area contributed by atoms with Crippen molar-refractivity contribution in [2.75, 3.05) is 13.7 Å². The summed E-state index contributed by atoms with van der Waals surface area (Å²) in [5.41, 5.74) is 3.67. The SMILES string of the molecule is CCCOc1ccc(Br)cc1C=NNC(=O)c1cc(Br)ccc1OC. The molecule has 2 aromatic rings. The summed E-state index contributed by atoms with van der Waals surface area (Å²) in [5, 5.41) is 4.04. The normalized spacial score (nSPS) is 10.7. The zero-order valence-corrected chi connectivity index (χ0v) is 17.1. The molecule has 132 valence electrons. The number of benzene rings is 2. The molecule has 5 nitrogen and oxygen atoms in total. The molecule has 0 bridgehead atoms. The van der Waals surface area contributed by atoms with E-state index in [1.54, 1.807) is 24.4 Å². The Labute approximate surface area is 163 Å². The number of rotatable bonds is 7. The van der Waals surface area contributed by atoms with Crippen molar-refractivity contribution in [1.29, 1.82) is 0 Å². The van der Waals surface area contributed by atoms with Gasteiger partial charge in [0, 0.05) is 14.5 Å². The molecule has 0 spiro atoms. The molecular weight excluding hydrogens is 452 g/mol. The predicted octanol–water partition coefficient (Wildman–Crippen LogP) is 4.77. The van der Waals surface area contributed by atoms with Crippen LogP contribution in [0.3, 0.4) is 0 Å². The molecule has 0 aliphatic rings. The molecular formula is C18H18Br2N2O3. The molecule has 0 aliphatic heterocycles. The highest BCUT2D eigenvalue weighted by Gasteiger charge is 2.12. The smallest absolute Gasteiger partial charge is 0.275 e. The van der Waals surface area contributed by atoms with Crippen molar-refractivity contribution < 1.29 is 14.3 Å². The summed E-state index contributed by atoms with van der Waals surface area (Å²) in [7, 11) is 1.52. The Morgan fingerprint density at radius 2 is 1.84 bits per heavy atom. The highest BCUT2D eigenvalue weighted by molar-refractivity contribution is 9.10. The lowest BCUT2D eigenvalue weighted by molar-refractivity contribution is 0.0952. The Morgan fingerprint density at radius 3 is 2.52 bits per heavy atom. The van der Waals surface area contributed by atoms with Gasteiger partial charge in [0.25, 0.3) is 5.91 Å². The molecule has 0 saturated heterocycles. The Morgan fingerprint density at radius 1 is 1.16 bits per heavy atom. The first-order valence-electron chi connectivity index (χ1n) is 7.64. The van der Waals surface area contributed by atoms with E-state index < -0.39 is 0 Å². The Balaban J connectivity index is 2.14. The van der Waals surface area contributed by atoms with E-state index in [1.165, 1.54) is 7.11 Å². The van der Waals surface area contributed by atoms with E-state index in [9.17, 15) is 4.79 Å². The van der Waals surface area contributed by atoms with E-state index >= 15 is 0 Å². The minimum atomic E-state index is -0.361. The van der Waals surface area contributed by atoms with Gasteiger partial charge < -0.3 is 9.47 Å². The third-order valence-corrected chi connectivity index (χ3v) is 4.20. The minimum absolute atomic E-state index is 0.361. The molecule has 0 fully saturated rings. The topological polar surface area (TPSA) is 59.9 Å². The van der Waals surface area contributed by atoms with Crippen molar-refractivity contribution in [2.45, 2.75) is 13.3 Å². The first-order chi connectivity index (χ1) is 12.0. The highest BCUT2D eigenvalue weighted by Crippen LogP contribution is 2.23. The van der Waals surface area contributed by atoms with Crippen molar-refractivity contribution in [3.63, 3.8) is 0 Å².